The second kappa shape index (κ2) is 6.17. The predicted octanol–water partition coefficient (Wildman–Crippen LogP) is 1.37. The molecule has 84 valence electrons. The van der Waals surface area contributed by atoms with E-state index < -0.39 is 12.4 Å². The molecule has 0 aliphatic carbocycles. The number of nitrogens with zero attached hydrogens (tertiary/aromatic N) is 1. The lowest BCUT2D eigenvalue weighted by atomic mass is 10.1. The molecule has 4 nitrogen and oxygen atoms in total. The smallest absolute Gasteiger partial charge is 0.183 e. The Balaban J connectivity index is 2.61. The van der Waals surface area contributed by atoms with Crippen molar-refractivity contribution in [2.75, 3.05) is 14.2 Å². The molecule has 0 aromatic carbocycles. The first-order chi connectivity index (χ1) is 7.17. The summed E-state index contributed by atoms with van der Waals surface area (Å²) in [6.45, 7) is 0. The zero-order valence-electron chi connectivity index (χ0n) is 8.68. The zero-order valence-corrected chi connectivity index (χ0v) is 10.3. The fourth-order valence-electron chi connectivity index (χ4n) is 1.32. The summed E-state index contributed by atoms with van der Waals surface area (Å²) in [5.41, 5.74) is 0.927. The number of halogens is 1. The summed E-state index contributed by atoms with van der Waals surface area (Å²) < 4.78 is 10.8. The van der Waals surface area contributed by atoms with Crippen LogP contribution in [0.25, 0.3) is 0 Å². The van der Waals surface area contributed by atoms with E-state index in [9.17, 15) is 5.11 Å². The Labute approximate surface area is 97.4 Å². The molecule has 0 spiro atoms. The first-order valence-electron chi connectivity index (χ1n) is 4.50. The molecule has 1 heterocycles. The quantitative estimate of drug-likeness (QED) is 0.825. The molecule has 0 radical (unpaired) electrons. The van der Waals surface area contributed by atoms with Crippen LogP contribution in [0.3, 0.4) is 0 Å². The van der Waals surface area contributed by atoms with Gasteiger partial charge in [-0.05, 0) is 27.6 Å². The third-order valence-electron chi connectivity index (χ3n) is 1.99. The fourth-order valence-corrected chi connectivity index (χ4v) is 1.73. The number of methoxy groups -OCH3 is 2. The molecule has 0 aliphatic rings. The third-order valence-corrected chi connectivity index (χ3v) is 2.42. The molecule has 0 saturated carbocycles. The number of rotatable bonds is 5. The van der Waals surface area contributed by atoms with Gasteiger partial charge in [0.25, 0.3) is 0 Å². The van der Waals surface area contributed by atoms with Crippen molar-refractivity contribution in [2.45, 2.75) is 18.8 Å². The molecule has 0 bridgehead atoms. The van der Waals surface area contributed by atoms with Crippen LogP contribution < -0.4 is 0 Å². The van der Waals surface area contributed by atoms with Crippen LogP contribution in [0.2, 0.25) is 0 Å². The van der Waals surface area contributed by atoms with E-state index in [1.54, 1.807) is 12.4 Å². The molecule has 1 aromatic heterocycles. The molecule has 1 unspecified atom stereocenters. The molecule has 1 aromatic rings. The molecular weight excluding hydrogens is 262 g/mol. The summed E-state index contributed by atoms with van der Waals surface area (Å²) in [4.78, 5) is 4.01. The van der Waals surface area contributed by atoms with Gasteiger partial charge in [0.15, 0.2) is 6.29 Å². The highest BCUT2D eigenvalue weighted by Crippen LogP contribution is 2.13. The zero-order chi connectivity index (χ0) is 11.3. The Bertz CT molecular complexity index is 304. The standard InChI is InChI=1S/C10H14BrNO3/c1-14-10(15-2)9(13)4-7-3-8(11)6-12-5-7/h3,5-6,9-10,13H,4H2,1-2H3. The maximum Gasteiger partial charge on any atom is 0.183 e. The first kappa shape index (κ1) is 12.6. The van der Waals surface area contributed by atoms with Crippen LogP contribution in [0.5, 0.6) is 0 Å². The highest BCUT2D eigenvalue weighted by Gasteiger charge is 2.18. The summed E-state index contributed by atoms with van der Waals surface area (Å²) >= 11 is 3.32. The van der Waals surface area contributed by atoms with E-state index in [1.807, 2.05) is 6.07 Å². The van der Waals surface area contributed by atoms with Gasteiger partial charge in [-0.3, -0.25) is 4.98 Å². The SMILES string of the molecule is COC(OC)C(O)Cc1cncc(Br)c1. The fraction of sp³-hybridized carbons (Fsp3) is 0.500. The maximum absolute atomic E-state index is 9.76. The average Bonchev–Trinajstić information content (AvgIpc) is 2.19. The molecule has 0 saturated heterocycles. The van der Waals surface area contributed by atoms with Gasteiger partial charge in [-0.25, -0.2) is 0 Å². The lowest BCUT2D eigenvalue weighted by Gasteiger charge is -2.19. The second-order valence-electron chi connectivity index (χ2n) is 3.12. The van der Waals surface area contributed by atoms with E-state index in [4.69, 9.17) is 9.47 Å². The van der Waals surface area contributed by atoms with E-state index in [1.165, 1.54) is 14.2 Å². The number of aliphatic hydroxyl groups is 1. The van der Waals surface area contributed by atoms with Crippen molar-refractivity contribution >= 4 is 15.9 Å². The van der Waals surface area contributed by atoms with E-state index in [0.717, 1.165) is 10.0 Å². The summed E-state index contributed by atoms with van der Waals surface area (Å²) in [6, 6.07) is 1.90. The van der Waals surface area contributed by atoms with Gasteiger partial charge in [0.05, 0.1) is 0 Å². The Morgan fingerprint density at radius 2 is 2.07 bits per heavy atom. The predicted molar refractivity (Wildman–Crippen MR) is 59.5 cm³/mol. The Kier molecular flexibility index (Phi) is 5.17. The molecular formula is C10H14BrNO3. The Morgan fingerprint density at radius 3 is 2.60 bits per heavy atom. The monoisotopic (exact) mass is 275 g/mol. The molecule has 5 heteroatoms. The highest BCUT2D eigenvalue weighted by atomic mass is 79.9. The van der Waals surface area contributed by atoms with Crippen molar-refractivity contribution in [3.8, 4) is 0 Å². The van der Waals surface area contributed by atoms with E-state index in [0.29, 0.717) is 6.42 Å². The van der Waals surface area contributed by atoms with Crippen molar-refractivity contribution in [1.82, 2.24) is 4.98 Å². The van der Waals surface area contributed by atoms with Crippen molar-refractivity contribution < 1.29 is 14.6 Å². The number of aromatic nitrogens is 1. The molecule has 0 fully saturated rings. The minimum Gasteiger partial charge on any atom is -0.387 e. The lowest BCUT2D eigenvalue weighted by molar-refractivity contribution is -0.163. The van der Waals surface area contributed by atoms with Gasteiger partial charge in [0, 0.05) is 37.5 Å². The lowest BCUT2D eigenvalue weighted by Crippen LogP contribution is -2.31. The van der Waals surface area contributed by atoms with E-state index >= 15 is 0 Å². The van der Waals surface area contributed by atoms with Crippen molar-refractivity contribution in [3.63, 3.8) is 0 Å². The van der Waals surface area contributed by atoms with Gasteiger partial charge in [-0.15, -0.1) is 0 Å². The van der Waals surface area contributed by atoms with E-state index in [2.05, 4.69) is 20.9 Å². The van der Waals surface area contributed by atoms with Crippen LogP contribution in [-0.4, -0.2) is 36.7 Å². The van der Waals surface area contributed by atoms with Gasteiger partial charge in [-0.2, -0.15) is 0 Å². The van der Waals surface area contributed by atoms with Gasteiger partial charge in [-0.1, -0.05) is 0 Å². The van der Waals surface area contributed by atoms with Crippen molar-refractivity contribution in [2.24, 2.45) is 0 Å². The summed E-state index contributed by atoms with van der Waals surface area (Å²) in [5, 5.41) is 9.76. The van der Waals surface area contributed by atoms with Crippen molar-refractivity contribution in [3.05, 3.63) is 28.5 Å². The summed E-state index contributed by atoms with van der Waals surface area (Å²) in [7, 11) is 2.99. The van der Waals surface area contributed by atoms with Crippen LogP contribution in [0.4, 0.5) is 0 Å². The normalized spacial score (nSPS) is 13.1. The number of pyridine rings is 1. The molecule has 0 amide bonds. The first-order valence-corrected chi connectivity index (χ1v) is 5.29. The minimum absolute atomic E-state index is 0.443. The van der Waals surface area contributed by atoms with Gasteiger partial charge < -0.3 is 14.6 Å². The third kappa shape index (κ3) is 3.87. The number of hydrogen-bond donors (Lipinski definition) is 1. The van der Waals surface area contributed by atoms with Crippen molar-refractivity contribution in [1.29, 1.82) is 0 Å². The summed E-state index contributed by atoms with van der Waals surface area (Å²) in [6.07, 6.45) is 2.54. The average molecular weight is 276 g/mol. The number of ether oxygens (including phenoxy) is 2. The topological polar surface area (TPSA) is 51.6 Å². The maximum atomic E-state index is 9.76. The van der Waals surface area contributed by atoms with Gasteiger partial charge >= 0.3 is 0 Å². The van der Waals surface area contributed by atoms with Crippen LogP contribution in [0, 0.1) is 0 Å². The van der Waals surface area contributed by atoms with Gasteiger partial charge in [0.2, 0.25) is 0 Å². The van der Waals surface area contributed by atoms with Crippen LogP contribution in [0.1, 0.15) is 5.56 Å². The van der Waals surface area contributed by atoms with E-state index in [-0.39, 0.29) is 0 Å². The largest absolute Gasteiger partial charge is 0.387 e. The molecule has 0 aliphatic heterocycles. The van der Waals surface area contributed by atoms with Gasteiger partial charge in [0.1, 0.15) is 6.10 Å². The summed E-state index contributed by atoms with van der Waals surface area (Å²) in [5.74, 6) is 0. The van der Waals surface area contributed by atoms with Crippen LogP contribution in [0.15, 0.2) is 22.9 Å². The number of hydrogen-bond acceptors (Lipinski definition) is 4. The molecule has 1 N–H and O–H groups in total. The molecule has 15 heavy (non-hydrogen) atoms. The molecule has 1 atom stereocenters. The number of aliphatic hydroxyl groups excluding tert-OH is 1. The second-order valence-corrected chi connectivity index (χ2v) is 4.04. The molecule has 1 rings (SSSR count). The van der Waals surface area contributed by atoms with Crippen LogP contribution in [-0.2, 0) is 15.9 Å². The Morgan fingerprint density at radius 1 is 1.40 bits per heavy atom. The minimum atomic E-state index is -0.698. The highest BCUT2D eigenvalue weighted by molar-refractivity contribution is 9.10. The van der Waals surface area contributed by atoms with Crippen LogP contribution >= 0.6 is 15.9 Å². The Hall–Kier alpha value is -0.490.